The van der Waals surface area contributed by atoms with Gasteiger partial charge in [-0.2, -0.15) is 5.10 Å². The van der Waals surface area contributed by atoms with Crippen LogP contribution in [0, 0.1) is 5.92 Å². The van der Waals surface area contributed by atoms with Crippen LogP contribution in [0.4, 0.5) is 5.69 Å². The van der Waals surface area contributed by atoms with E-state index in [2.05, 4.69) is 10.1 Å². The number of aromatic nitrogens is 3. The predicted molar refractivity (Wildman–Crippen MR) is 72.9 cm³/mol. The van der Waals surface area contributed by atoms with Crippen LogP contribution in [0.3, 0.4) is 0 Å². The number of aromatic carboxylic acids is 1. The van der Waals surface area contributed by atoms with Crippen LogP contribution >= 0.6 is 0 Å². The number of hydrogen-bond acceptors (Lipinski definition) is 5. The van der Waals surface area contributed by atoms with Crippen LogP contribution in [-0.2, 0) is 7.05 Å². The van der Waals surface area contributed by atoms with Gasteiger partial charge in [-0.1, -0.05) is 0 Å². The molecule has 1 atom stereocenters. The summed E-state index contributed by atoms with van der Waals surface area (Å²) >= 11 is 0. The van der Waals surface area contributed by atoms with Gasteiger partial charge >= 0.3 is 5.97 Å². The number of rotatable bonds is 3. The molecule has 7 heteroatoms. The molecule has 1 aliphatic heterocycles. The number of hydrogen-bond donors (Lipinski definition) is 2. The highest BCUT2D eigenvalue weighted by atomic mass is 16.4. The Hall–Kier alpha value is -2.15. The summed E-state index contributed by atoms with van der Waals surface area (Å²) in [6, 6.07) is 0. The maximum Gasteiger partial charge on any atom is 0.339 e. The van der Waals surface area contributed by atoms with Crippen molar-refractivity contribution in [2.45, 2.75) is 6.42 Å². The van der Waals surface area contributed by atoms with Gasteiger partial charge in [-0.25, -0.2) is 9.78 Å². The third kappa shape index (κ3) is 1.90. The molecule has 1 aliphatic rings. The second-order valence-corrected chi connectivity index (χ2v) is 5.11. The molecule has 0 aromatic carbocycles. The van der Waals surface area contributed by atoms with E-state index >= 15 is 0 Å². The zero-order chi connectivity index (χ0) is 14.3. The summed E-state index contributed by atoms with van der Waals surface area (Å²) in [7, 11) is 1.78. The summed E-state index contributed by atoms with van der Waals surface area (Å²) in [5.74, 6) is -0.803. The van der Waals surface area contributed by atoms with E-state index in [9.17, 15) is 15.0 Å². The van der Waals surface area contributed by atoms with Crippen LogP contribution in [0.2, 0.25) is 0 Å². The second kappa shape index (κ2) is 4.75. The molecule has 2 aromatic heterocycles. The lowest BCUT2D eigenvalue weighted by Gasteiger charge is -2.21. The Balaban J connectivity index is 2.15. The van der Waals surface area contributed by atoms with Crippen molar-refractivity contribution in [1.82, 2.24) is 14.8 Å². The number of carbonyl (C=O) groups is 1. The Labute approximate surface area is 115 Å². The van der Waals surface area contributed by atoms with Crippen LogP contribution < -0.4 is 4.90 Å². The van der Waals surface area contributed by atoms with E-state index in [0.717, 1.165) is 18.4 Å². The van der Waals surface area contributed by atoms with Crippen LogP contribution in [0.5, 0.6) is 0 Å². The summed E-state index contributed by atoms with van der Waals surface area (Å²) in [5, 5.41) is 23.5. The zero-order valence-corrected chi connectivity index (χ0v) is 11.2. The molecule has 2 aromatic rings. The molecule has 3 heterocycles. The summed E-state index contributed by atoms with van der Waals surface area (Å²) < 4.78 is 1.63. The first-order valence-electron chi connectivity index (χ1n) is 6.51. The van der Waals surface area contributed by atoms with Gasteiger partial charge in [-0.15, -0.1) is 0 Å². The van der Waals surface area contributed by atoms with E-state index in [4.69, 9.17) is 0 Å². The van der Waals surface area contributed by atoms with Gasteiger partial charge in [0.15, 0.2) is 5.65 Å². The molecule has 20 heavy (non-hydrogen) atoms. The predicted octanol–water partition coefficient (Wildman–Crippen LogP) is 0.485. The Morgan fingerprint density at radius 1 is 1.50 bits per heavy atom. The van der Waals surface area contributed by atoms with Gasteiger partial charge in [0.1, 0.15) is 5.56 Å². The van der Waals surface area contributed by atoms with E-state index in [1.807, 2.05) is 4.90 Å². The number of fused-ring (bicyclic) bond motifs is 1. The average Bonchev–Trinajstić information content (AvgIpc) is 3.05. The van der Waals surface area contributed by atoms with Gasteiger partial charge in [-0.3, -0.25) is 4.68 Å². The van der Waals surface area contributed by atoms with Gasteiger partial charge in [0.2, 0.25) is 0 Å². The highest BCUT2D eigenvalue weighted by Gasteiger charge is 2.28. The summed E-state index contributed by atoms with van der Waals surface area (Å²) in [5.41, 5.74) is 1.51. The molecular weight excluding hydrogens is 260 g/mol. The maximum absolute atomic E-state index is 11.4. The highest BCUT2D eigenvalue weighted by Crippen LogP contribution is 2.33. The molecule has 1 fully saturated rings. The van der Waals surface area contributed by atoms with Crippen molar-refractivity contribution in [3.63, 3.8) is 0 Å². The molecule has 0 bridgehead atoms. The first-order valence-corrected chi connectivity index (χ1v) is 6.51. The van der Waals surface area contributed by atoms with Gasteiger partial charge in [0.05, 0.1) is 17.3 Å². The molecular formula is C13H16N4O3. The molecule has 0 radical (unpaired) electrons. The van der Waals surface area contributed by atoms with Crippen molar-refractivity contribution in [3.05, 3.63) is 18.0 Å². The number of aliphatic hydroxyl groups excluding tert-OH is 1. The molecule has 2 N–H and O–H groups in total. The normalized spacial score (nSPS) is 18.9. The minimum Gasteiger partial charge on any atom is -0.478 e. The van der Waals surface area contributed by atoms with Gasteiger partial charge in [0.25, 0.3) is 0 Å². The third-order valence-electron chi connectivity index (χ3n) is 3.82. The lowest BCUT2D eigenvalue weighted by atomic mass is 10.1. The van der Waals surface area contributed by atoms with Crippen molar-refractivity contribution in [1.29, 1.82) is 0 Å². The summed E-state index contributed by atoms with van der Waals surface area (Å²) in [4.78, 5) is 17.6. The van der Waals surface area contributed by atoms with Crippen LogP contribution in [0.15, 0.2) is 12.4 Å². The topological polar surface area (TPSA) is 91.5 Å². The largest absolute Gasteiger partial charge is 0.478 e. The number of pyridine rings is 1. The van der Waals surface area contributed by atoms with E-state index in [-0.39, 0.29) is 18.1 Å². The number of nitrogens with zero attached hydrogens (tertiary/aromatic N) is 4. The summed E-state index contributed by atoms with van der Waals surface area (Å²) in [6.45, 7) is 1.52. The molecule has 0 spiro atoms. The van der Waals surface area contributed by atoms with Crippen molar-refractivity contribution in [2.75, 3.05) is 24.6 Å². The molecule has 0 saturated carbocycles. The van der Waals surface area contributed by atoms with Crippen molar-refractivity contribution in [2.24, 2.45) is 13.0 Å². The fraction of sp³-hybridized carbons (Fsp3) is 0.462. The van der Waals surface area contributed by atoms with Crippen LogP contribution in [-0.4, -0.2) is 50.6 Å². The highest BCUT2D eigenvalue weighted by molar-refractivity contribution is 6.03. The van der Waals surface area contributed by atoms with Crippen molar-refractivity contribution < 1.29 is 15.0 Å². The van der Waals surface area contributed by atoms with E-state index in [0.29, 0.717) is 17.9 Å². The first kappa shape index (κ1) is 12.9. The van der Waals surface area contributed by atoms with Gasteiger partial charge in [0, 0.05) is 38.9 Å². The Bertz CT molecular complexity index is 667. The Kier molecular flexibility index (Phi) is 3.06. The minimum atomic E-state index is -0.995. The second-order valence-electron chi connectivity index (χ2n) is 5.11. The molecule has 1 unspecified atom stereocenters. The zero-order valence-electron chi connectivity index (χ0n) is 11.2. The fourth-order valence-electron chi connectivity index (χ4n) is 2.77. The molecule has 0 aliphatic carbocycles. The number of carboxylic acids is 1. The molecule has 106 valence electrons. The SMILES string of the molecule is Cn1ncc2c(N3CCC(CO)C3)c(C(=O)O)cnc21. The maximum atomic E-state index is 11.4. The molecule has 0 amide bonds. The van der Waals surface area contributed by atoms with Crippen molar-refractivity contribution in [3.8, 4) is 0 Å². The Morgan fingerprint density at radius 3 is 2.95 bits per heavy atom. The van der Waals surface area contributed by atoms with Crippen molar-refractivity contribution >= 4 is 22.7 Å². The molecule has 1 saturated heterocycles. The fourth-order valence-corrected chi connectivity index (χ4v) is 2.77. The van der Waals surface area contributed by atoms with E-state index in [1.54, 1.807) is 17.9 Å². The lowest BCUT2D eigenvalue weighted by molar-refractivity contribution is 0.0697. The van der Waals surface area contributed by atoms with E-state index in [1.165, 1.54) is 6.20 Å². The molecule has 3 rings (SSSR count). The number of anilines is 1. The number of aliphatic hydroxyl groups is 1. The smallest absolute Gasteiger partial charge is 0.339 e. The standard InChI is InChI=1S/C13H16N4O3/c1-16-12-9(5-15-16)11(10(4-14-12)13(19)20)17-3-2-8(6-17)7-18/h4-5,8,18H,2-3,6-7H2,1H3,(H,19,20). The average molecular weight is 276 g/mol. The quantitative estimate of drug-likeness (QED) is 0.847. The molecule has 7 nitrogen and oxygen atoms in total. The monoisotopic (exact) mass is 276 g/mol. The lowest BCUT2D eigenvalue weighted by Crippen LogP contribution is -2.23. The third-order valence-corrected chi connectivity index (χ3v) is 3.82. The van der Waals surface area contributed by atoms with Crippen LogP contribution in [0.1, 0.15) is 16.8 Å². The van der Waals surface area contributed by atoms with E-state index < -0.39 is 5.97 Å². The summed E-state index contributed by atoms with van der Waals surface area (Å²) in [6.07, 6.45) is 3.89. The Morgan fingerprint density at radius 2 is 2.30 bits per heavy atom. The number of aryl methyl sites for hydroxylation is 1. The minimum absolute atomic E-state index is 0.125. The van der Waals surface area contributed by atoms with Gasteiger partial charge < -0.3 is 15.1 Å². The van der Waals surface area contributed by atoms with Crippen LogP contribution in [0.25, 0.3) is 11.0 Å². The first-order chi connectivity index (χ1) is 9.61. The number of carboxylic acid groups (broad SMARTS) is 1. The van der Waals surface area contributed by atoms with Gasteiger partial charge in [-0.05, 0) is 6.42 Å².